The summed E-state index contributed by atoms with van der Waals surface area (Å²) in [5.41, 5.74) is 6.96. The molecular weight excluding hydrogens is 212 g/mol. The number of rotatable bonds is 4. The molecule has 0 heterocycles. The van der Waals surface area contributed by atoms with Crippen LogP contribution in [0.3, 0.4) is 0 Å². The summed E-state index contributed by atoms with van der Waals surface area (Å²) in [5.74, 6) is -0.179. The van der Waals surface area contributed by atoms with Gasteiger partial charge in [-0.1, -0.05) is 44.2 Å². The van der Waals surface area contributed by atoms with E-state index in [2.05, 4.69) is 19.2 Å². The highest BCUT2D eigenvalue weighted by molar-refractivity contribution is 5.84. The number of hydrogen-bond acceptors (Lipinski definition) is 2. The van der Waals surface area contributed by atoms with Crippen LogP contribution in [-0.4, -0.2) is 18.5 Å². The molecule has 1 aromatic carbocycles. The van der Waals surface area contributed by atoms with Crippen LogP contribution in [0.2, 0.25) is 0 Å². The van der Waals surface area contributed by atoms with Gasteiger partial charge in [0.1, 0.15) is 0 Å². The first-order valence-electron chi connectivity index (χ1n) is 6.10. The molecule has 0 aliphatic heterocycles. The number of amides is 1. The number of carbonyl (C=O) groups is 1. The van der Waals surface area contributed by atoms with Crippen LogP contribution in [0.4, 0.5) is 0 Å². The normalized spacial score (nSPS) is 22.9. The maximum absolute atomic E-state index is 12.1. The largest absolute Gasteiger partial charge is 0.352 e. The average Bonchev–Trinajstić information content (AvgIpc) is 2.88. The van der Waals surface area contributed by atoms with E-state index in [0.717, 1.165) is 12.0 Å². The van der Waals surface area contributed by atoms with Crippen molar-refractivity contribution in [1.29, 1.82) is 0 Å². The molecule has 0 spiro atoms. The second-order valence-electron chi connectivity index (χ2n) is 5.45. The minimum absolute atomic E-state index is 0.0503. The number of hydrogen-bond donors (Lipinski definition) is 2. The minimum Gasteiger partial charge on any atom is -0.352 e. The number of nitrogens with two attached hydrogens (primary N) is 1. The van der Waals surface area contributed by atoms with Crippen molar-refractivity contribution in [3.05, 3.63) is 35.9 Å². The molecule has 3 nitrogen and oxygen atoms in total. The van der Waals surface area contributed by atoms with Crippen molar-refractivity contribution in [2.24, 2.45) is 11.1 Å². The van der Waals surface area contributed by atoms with E-state index in [1.165, 1.54) is 0 Å². The monoisotopic (exact) mass is 232 g/mol. The molecule has 0 radical (unpaired) electrons. The van der Waals surface area contributed by atoms with Crippen molar-refractivity contribution in [2.75, 3.05) is 6.54 Å². The molecule has 0 saturated heterocycles. The Kier molecular flexibility index (Phi) is 3.20. The lowest BCUT2D eigenvalue weighted by Crippen LogP contribution is -2.36. The van der Waals surface area contributed by atoms with Gasteiger partial charge in [-0.05, 0) is 17.4 Å². The summed E-state index contributed by atoms with van der Waals surface area (Å²) >= 11 is 0. The summed E-state index contributed by atoms with van der Waals surface area (Å²) in [6, 6.07) is 10.0. The Hall–Kier alpha value is -1.35. The fraction of sp³-hybridized carbons (Fsp3) is 0.500. The maximum Gasteiger partial charge on any atom is 0.229 e. The highest BCUT2D eigenvalue weighted by atomic mass is 16.2. The van der Waals surface area contributed by atoms with Crippen LogP contribution in [0.25, 0.3) is 0 Å². The summed E-state index contributed by atoms with van der Waals surface area (Å²) in [4.78, 5) is 12.1. The summed E-state index contributed by atoms with van der Waals surface area (Å²) in [6.45, 7) is 4.68. The first-order valence-corrected chi connectivity index (χ1v) is 6.10. The summed E-state index contributed by atoms with van der Waals surface area (Å²) in [5, 5.41) is 3.07. The van der Waals surface area contributed by atoms with Crippen LogP contribution in [-0.2, 0) is 4.79 Å². The molecule has 2 rings (SSSR count). The lowest BCUT2D eigenvalue weighted by molar-refractivity contribution is -0.122. The van der Waals surface area contributed by atoms with Crippen LogP contribution in [0.5, 0.6) is 0 Å². The predicted molar refractivity (Wildman–Crippen MR) is 68.6 cm³/mol. The number of benzene rings is 1. The van der Waals surface area contributed by atoms with E-state index in [-0.39, 0.29) is 17.2 Å². The van der Waals surface area contributed by atoms with Crippen LogP contribution in [0, 0.1) is 5.41 Å². The molecule has 2 atom stereocenters. The highest BCUT2D eigenvalue weighted by Gasteiger charge is 2.47. The molecule has 0 aromatic heterocycles. The van der Waals surface area contributed by atoms with Gasteiger partial charge in [-0.15, -0.1) is 0 Å². The van der Waals surface area contributed by atoms with Gasteiger partial charge < -0.3 is 11.1 Å². The second kappa shape index (κ2) is 4.49. The highest BCUT2D eigenvalue weighted by Crippen LogP contribution is 2.44. The van der Waals surface area contributed by atoms with Crippen LogP contribution < -0.4 is 11.1 Å². The van der Waals surface area contributed by atoms with E-state index >= 15 is 0 Å². The SMILES string of the molecule is CC1(C)CC1NC(=O)C(CN)c1ccccc1. The first kappa shape index (κ1) is 12.1. The Morgan fingerprint density at radius 3 is 2.53 bits per heavy atom. The van der Waals surface area contributed by atoms with Gasteiger partial charge in [0.2, 0.25) is 5.91 Å². The summed E-state index contributed by atoms with van der Waals surface area (Å²) in [6.07, 6.45) is 1.06. The third-order valence-electron chi connectivity index (χ3n) is 3.58. The van der Waals surface area contributed by atoms with Crippen molar-refractivity contribution in [3.8, 4) is 0 Å². The first-order chi connectivity index (χ1) is 8.04. The molecule has 1 fully saturated rings. The zero-order valence-electron chi connectivity index (χ0n) is 10.4. The third-order valence-corrected chi connectivity index (χ3v) is 3.58. The molecule has 1 saturated carbocycles. The second-order valence-corrected chi connectivity index (χ2v) is 5.45. The minimum atomic E-state index is -0.229. The molecule has 3 heteroatoms. The number of carbonyl (C=O) groups excluding carboxylic acids is 1. The molecule has 1 aromatic rings. The van der Waals surface area contributed by atoms with Crippen molar-refractivity contribution < 1.29 is 4.79 Å². The molecule has 92 valence electrons. The lowest BCUT2D eigenvalue weighted by atomic mass is 9.98. The van der Waals surface area contributed by atoms with E-state index in [1.807, 2.05) is 30.3 Å². The maximum atomic E-state index is 12.1. The van der Waals surface area contributed by atoms with Gasteiger partial charge in [-0.2, -0.15) is 0 Å². The van der Waals surface area contributed by atoms with E-state index in [4.69, 9.17) is 5.73 Å². The fourth-order valence-corrected chi connectivity index (χ4v) is 2.07. The third kappa shape index (κ3) is 2.67. The molecule has 3 N–H and O–H groups in total. The topological polar surface area (TPSA) is 55.1 Å². The molecule has 2 unspecified atom stereocenters. The Morgan fingerprint density at radius 1 is 1.47 bits per heavy atom. The quantitative estimate of drug-likeness (QED) is 0.829. The lowest BCUT2D eigenvalue weighted by Gasteiger charge is -2.16. The zero-order chi connectivity index (χ0) is 12.5. The van der Waals surface area contributed by atoms with Gasteiger partial charge in [0.15, 0.2) is 0 Å². The van der Waals surface area contributed by atoms with E-state index < -0.39 is 0 Å². The standard InChI is InChI=1S/C14H20N2O/c1-14(2)8-12(14)16-13(17)11(9-15)10-6-4-3-5-7-10/h3-7,11-12H,8-9,15H2,1-2H3,(H,16,17). The van der Waals surface area contributed by atoms with Crippen molar-refractivity contribution in [2.45, 2.75) is 32.2 Å². The Labute approximate surface area is 102 Å². The zero-order valence-corrected chi connectivity index (χ0v) is 10.4. The summed E-state index contributed by atoms with van der Waals surface area (Å²) in [7, 11) is 0. The van der Waals surface area contributed by atoms with Gasteiger partial charge in [-0.3, -0.25) is 4.79 Å². The molecule has 1 aliphatic rings. The smallest absolute Gasteiger partial charge is 0.229 e. The molecule has 1 amide bonds. The van der Waals surface area contributed by atoms with Crippen molar-refractivity contribution >= 4 is 5.91 Å². The Bertz CT molecular complexity index is 400. The molecule has 1 aliphatic carbocycles. The van der Waals surface area contributed by atoms with Crippen molar-refractivity contribution in [1.82, 2.24) is 5.32 Å². The molecule has 17 heavy (non-hydrogen) atoms. The van der Waals surface area contributed by atoms with Gasteiger partial charge in [0.05, 0.1) is 5.92 Å². The van der Waals surface area contributed by atoms with Gasteiger partial charge >= 0.3 is 0 Å². The van der Waals surface area contributed by atoms with E-state index in [0.29, 0.717) is 12.6 Å². The van der Waals surface area contributed by atoms with E-state index in [1.54, 1.807) is 0 Å². The average molecular weight is 232 g/mol. The van der Waals surface area contributed by atoms with Gasteiger partial charge in [0, 0.05) is 12.6 Å². The van der Waals surface area contributed by atoms with E-state index in [9.17, 15) is 4.79 Å². The summed E-state index contributed by atoms with van der Waals surface area (Å²) < 4.78 is 0. The predicted octanol–water partition coefficient (Wildman–Crippen LogP) is 1.64. The Morgan fingerprint density at radius 2 is 2.06 bits per heavy atom. The van der Waals surface area contributed by atoms with Gasteiger partial charge in [0.25, 0.3) is 0 Å². The fourth-order valence-electron chi connectivity index (χ4n) is 2.07. The van der Waals surface area contributed by atoms with Gasteiger partial charge in [-0.25, -0.2) is 0 Å². The number of nitrogens with one attached hydrogen (secondary N) is 1. The van der Waals surface area contributed by atoms with Crippen LogP contribution in [0.1, 0.15) is 31.7 Å². The van der Waals surface area contributed by atoms with Crippen molar-refractivity contribution in [3.63, 3.8) is 0 Å². The van der Waals surface area contributed by atoms with Crippen LogP contribution >= 0.6 is 0 Å². The Balaban J connectivity index is 2.02. The molecule has 0 bridgehead atoms. The van der Waals surface area contributed by atoms with Crippen LogP contribution in [0.15, 0.2) is 30.3 Å². The molecular formula is C14H20N2O.